The van der Waals surface area contributed by atoms with Crippen LogP contribution < -0.4 is 34.0 Å². The van der Waals surface area contributed by atoms with Crippen molar-refractivity contribution in [1.29, 1.82) is 0 Å². The molecule has 2 aliphatic heterocycles. The van der Waals surface area contributed by atoms with Crippen LogP contribution in [0.15, 0.2) is 12.1 Å². The van der Waals surface area contributed by atoms with Gasteiger partial charge in [-0.1, -0.05) is 0 Å². The number of benzene rings is 1. The SMILES string of the molecule is Fc1cc(C[S+]2CCCC2)c(F)cc1C[S+]1CCCC1.[Br-].[Br-]. The summed E-state index contributed by atoms with van der Waals surface area (Å²) in [4.78, 5) is 0. The maximum absolute atomic E-state index is 14.2. The minimum atomic E-state index is -0.177. The second-order valence-corrected chi connectivity index (χ2v) is 10.4. The van der Waals surface area contributed by atoms with Crippen LogP contribution >= 0.6 is 0 Å². The van der Waals surface area contributed by atoms with Gasteiger partial charge in [0.05, 0.1) is 0 Å². The summed E-state index contributed by atoms with van der Waals surface area (Å²) in [5.41, 5.74) is 1.21. The first-order valence-corrected chi connectivity index (χ1v) is 10.9. The minimum absolute atomic E-state index is 0. The van der Waals surface area contributed by atoms with E-state index in [1.807, 2.05) is 0 Å². The van der Waals surface area contributed by atoms with E-state index in [0.29, 0.717) is 11.1 Å². The van der Waals surface area contributed by atoms with E-state index in [0.717, 1.165) is 11.5 Å². The second-order valence-electron chi connectivity index (χ2n) is 5.78. The third kappa shape index (κ3) is 5.38. The maximum Gasteiger partial charge on any atom is 0.136 e. The molecule has 6 heteroatoms. The van der Waals surface area contributed by atoms with Gasteiger partial charge in [-0.25, -0.2) is 8.78 Å². The smallest absolute Gasteiger partial charge is 0.136 e. The topological polar surface area (TPSA) is 0 Å². The van der Waals surface area contributed by atoms with Crippen LogP contribution in [-0.4, -0.2) is 23.0 Å². The molecular weight excluding hydrogens is 454 g/mol. The number of halogens is 4. The molecule has 0 aromatic heterocycles. The molecule has 126 valence electrons. The van der Waals surface area contributed by atoms with Gasteiger partial charge in [-0.05, 0) is 59.6 Å². The third-order valence-electron chi connectivity index (χ3n) is 4.17. The monoisotopic (exact) mass is 474 g/mol. The number of rotatable bonds is 4. The lowest BCUT2D eigenvalue weighted by Crippen LogP contribution is -3.00. The Morgan fingerprint density at radius 2 is 1.00 bits per heavy atom. The van der Waals surface area contributed by atoms with Crippen LogP contribution in [0.4, 0.5) is 8.78 Å². The quantitative estimate of drug-likeness (QED) is 0.433. The lowest BCUT2D eigenvalue weighted by atomic mass is 10.1. The molecule has 3 rings (SSSR count). The van der Waals surface area contributed by atoms with Gasteiger partial charge in [0, 0.05) is 11.1 Å². The Kier molecular flexibility index (Phi) is 9.35. The van der Waals surface area contributed by atoms with E-state index in [-0.39, 0.29) is 67.4 Å². The van der Waals surface area contributed by atoms with Gasteiger partial charge in [-0.3, -0.25) is 0 Å². The fraction of sp³-hybridized carbons (Fsp3) is 0.625. The molecule has 2 fully saturated rings. The summed E-state index contributed by atoms with van der Waals surface area (Å²) in [6.07, 6.45) is 5.03. The average Bonchev–Trinajstić information content (AvgIpc) is 3.08. The van der Waals surface area contributed by atoms with Crippen molar-refractivity contribution in [3.05, 3.63) is 34.9 Å². The predicted octanol–water partition coefficient (Wildman–Crippen LogP) is -2.20. The fourth-order valence-corrected chi connectivity index (χ4v) is 7.76. The molecule has 1 aromatic carbocycles. The van der Waals surface area contributed by atoms with Gasteiger partial charge in [-0.2, -0.15) is 0 Å². The van der Waals surface area contributed by atoms with E-state index < -0.39 is 0 Å². The summed E-state index contributed by atoms with van der Waals surface area (Å²) in [6, 6.07) is 2.96. The normalized spacial score (nSPS) is 19.0. The van der Waals surface area contributed by atoms with E-state index in [1.165, 1.54) is 60.8 Å². The molecule has 0 amide bonds. The van der Waals surface area contributed by atoms with Gasteiger partial charge in [0.15, 0.2) is 0 Å². The summed E-state index contributed by atoms with van der Waals surface area (Å²) >= 11 is 0. The van der Waals surface area contributed by atoms with Crippen molar-refractivity contribution in [2.24, 2.45) is 0 Å². The molecule has 0 bridgehead atoms. The van der Waals surface area contributed by atoms with E-state index in [1.54, 1.807) is 0 Å². The summed E-state index contributed by atoms with van der Waals surface area (Å²) in [5.74, 6) is 5.94. The first kappa shape index (κ1) is 20.8. The van der Waals surface area contributed by atoms with Crippen molar-refractivity contribution in [2.45, 2.75) is 37.2 Å². The highest BCUT2D eigenvalue weighted by Gasteiger charge is 2.28. The Morgan fingerprint density at radius 1 is 0.682 bits per heavy atom. The van der Waals surface area contributed by atoms with Crippen molar-refractivity contribution in [3.8, 4) is 0 Å². The van der Waals surface area contributed by atoms with Gasteiger partial charge >= 0.3 is 0 Å². The molecular formula is C16H22Br2F2S2. The first-order chi connectivity index (χ1) is 9.72. The van der Waals surface area contributed by atoms with Crippen LogP contribution in [0.2, 0.25) is 0 Å². The predicted molar refractivity (Wildman–Crippen MR) is 86.4 cm³/mol. The lowest BCUT2D eigenvalue weighted by molar-refractivity contribution is -0.00100. The van der Waals surface area contributed by atoms with E-state index in [2.05, 4.69) is 0 Å². The zero-order chi connectivity index (χ0) is 13.9. The molecule has 2 aliphatic rings. The van der Waals surface area contributed by atoms with Crippen LogP contribution in [0.3, 0.4) is 0 Å². The lowest BCUT2D eigenvalue weighted by Gasteiger charge is -2.08. The van der Waals surface area contributed by atoms with Crippen LogP contribution in [-0.2, 0) is 33.3 Å². The summed E-state index contributed by atoms with van der Waals surface area (Å²) < 4.78 is 28.4. The van der Waals surface area contributed by atoms with Gasteiger partial charge in [0.1, 0.15) is 46.2 Å². The maximum atomic E-state index is 14.2. The zero-order valence-electron chi connectivity index (χ0n) is 12.6. The molecule has 2 heterocycles. The van der Waals surface area contributed by atoms with Gasteiger partial charge in [0.25, 0.3) is 0 Å². The second kappa shape index (κ2) is 9.90. The highest BCUT2D eigenvalue weighted by Crippen LogP contribution is 2.25. The zero-order valence-corrected chi connectivity index (χ0v) is 17.4. The van der Waals surface area contributed by atoms with Crippen molar-refractivity contribution in [2.75, 3.05) is 23.0 Å². The van der Waals surface area contributed by atoms with E-state index >= 15 is 0 Å². The van der Waals surface area contributed by atoms with Crippen LogP contribution in [0, 0.1) is 11.6 Å². The Balaban J connectivity index is 0.00000121. The molecule has 1 aromatic rings. The Morgan fingerprint density at radius 3 is 1.32 bits per heavy atom. The molecule has 0 unspecified atom stereocenters. The Labute approximate surface area is 159 Å². The summed E-state index contributed by atoms with van der Waals surface area (Å²) in [6.45, 7) is 0. The third-order valence-corrected chi connectivity index (χ3v) is 9.07. The van der Waals surface area contributed by atoms with Crippen molar-refractivity contribution in [1.82, 2.24) is 0 Å². The van der Waals surface area contributed by atoms with Gasteiger partial charge < -0.3 is 34.0 Å². The number of hydrogen-bond acceptors (Lipinski definition) is 0. The fourth-order valence-electron chi connectivity index (χ4n) is 3.01. The molecule has 0 saturated carbocycles. The van der Waals surface area contributed by atoms with Crippen molar-refractivity contribution in [3.63, 3.8) is 0 Å². The molecule has 0 atom stereocenters. The first-order valence-electron chi connectivity index (χ1n) is 7.47. The summed E-state index contributed by atoms with van der Waals surface area (Å²) in [5, 5.41) is 0. The molecule has 0 nitrogen and oxygen atoms in total. The average molecular weight is 476 g/mol. The highest BCUT2D eigenvalue weighted by atomic mass is 79.9. The minimum Gasteiger partial charge on any atom is -1.00 e. The molecule has 22 heavy (non-hydrogen) atoms. The molecule has 0 N–H and O–H groups in total. The van der Waals surface area contributed by atoms with Crippen LogP contribution in [0.5, 0.6) is 0 Å². The van der Waals surface area contributed by atoms with Crippen LogP contribution in [0.25, 0.3) is 0 Å². The molecule has 2 saturated heterocycles. The van der Waals surface area contributed by atoms with E-state index in [4.69, 9.17) is 0 Å². The largest absolute Gasteiger partial charge is 1.00 e. The Hall–Kier alpha value is 0.740. The van der Waals surface area contributed by atoms with E-state index in [9.17, 15) is 8.78 Å². The highest BCUT2D eigenvalue weighted by molar-refractivity contribution is 7.96. The molecule has 0 radical (unpaired) electrons. The molecule has 0 aliphatic carbocycles. The Bertz CT molecular complexity index is 430. The van der Waals surface area contributed by atoms with Gasteiger partial charge in [0.2, 0.25) is 0 Å². The number of hydrogen-bond donors (Lipinski definition) is 0. The summed E-state index contributed by atoms with van der Waals surface area (Å²) in [7, 11) is 0.575. The van der Waals surface area contributed by atoms with Crippen molar-refractivity contribution < 1.29 is 42.7 Å². The van der Waals surface area contributed by atoms with Crippen LogP contribution in [0.1, 0.15) is 36.8 Å². The van der Waals surface area contributed by atoms with Crippen molar-refractivity contribution >= 4 is 21.8 Å². The van der Waals surface area contributed by atoms with Gasteiger partial charge in [-0.15, -0.1) is 0 Å². The standard InChI is InChI=1S/C16H22F2S2.2BrH/c17-15-10-14(12-20-7-3-4-8-20)16(18)9-13(15)11-19-5-1-2-6-19;;/h9-10H,1-8,11-12H2;2*1H/q+2;;/p-2. The molecule has 0 spiro atoms.